The number of rotatable bonds is 6. The lowest BCUT2D eigenvalue weighted by atomic mass is 9.91. The second-order valence-corrected chi connectivity index (χ2v) is 9.57. The fourth-order valence-electron chi connectivity index (χ4n) is 4.94. The molecule has 200 valence electrons. The monoisotopic (exact) mass is 528 g/mol. The molecule has 0 unspecified atom stereocenters. The number of pyridine rings is 1. The van der Waals surface area contributed by atoms with Crippen molar-refractivity contribution in [1.82, 2.24) is 19.9 Å². The quantitative estimate of drug-likeness (QED) is 0.391. The smallest absolute Gasteiger partial charge is 0.150 e. The van der Waals surface area contributed by atoms with Crippen LogP contribution in [0.4, 0.5) is 10.2 Å². The minimum absolute atomic E-state index is 0.132. The Kier molecular flexibility index (Phi) is 7.29. The Labute approximate surface area is 225 Å². The first-order chi connectivity index (χ1) is 19.2. The zero-order chi connectivity index (χ0) is 26.6. The van der Waals surface area contributed by atoms with Crippen molar-refractivity contribution in [2.24, 2.45) is 0 Å². The van der Waals surface area contributed by atoms with Gasteiger partial charge in [-0.1, -0.05) is 5.16 Å². The van der Waals surface area contributed by atoms with E-state index in [0.717, 1.165) is 54.2 Å². The molecule has 1 N–H and O–H groups in total. The van der Waals surface area contributed by atoms with Gasteiger partial charge in [-0.2, -0.15) is 5.10 Å². The van der Waals surface area contributed by atoms with Crippen LogP contribution in [0, 0.1) is 11.2 Å². The van der Waals surface area contributed by atoms with Gasteiger partial charge in [-0.25, -0.2) is 14.1 Å². The number of anilines is 1. The average Bonchev–Trinajstić information content (AvgIpc) is 3.43. The number of hydrogen-bond donors (Lipinski definition) is 1. The van der Waals surface area contributed by atoms with Gasteiger partial charge in [-0.05, 0) is 73.0 Å². The van der Waals surface area contributed by atoms with Gasteiger partial charge in [0.1, 0.15) is 28.6 Å². The summed E-state index contributed by atoms with van der Waals surface area (Å²) < 4.78 is 32.1. The predicted molar refractivity (Wildman–Crippen MR) is 144 cm³/mol. The molecular weight excluding hydrogens is 499 g/mol. The Morgan fingerprint density at radius 2 is 1.72 bits per heavy atom. The lowest BCUT2D eigenvalue weighted by molar-refractivity contribution is 0.0792. The Bertz CT molecular complexity index is 1520. The SMILES string of the molecule is N=c1ccc(-c2c(-c3ccc(F)cc3)noc2C2CCOCC2)nn1/C=C/c1ccnc(N2CCOCC2)c1. The maximum atomic E-state index is 13.7. The van der Waals surface area contributed by atoms with Crippen LogP contribution < -0.4 is 10.4 Å². The first-order valence-corrected chi connectivity index (χ1v) is 13.1. The first kappa shape index (κ1) is 25.1. The first-order valence-electron chi connectivity index (χ1n) is 13.1. The number of ether oxygens (including phenoxy) is 2. The second-order valence-electron chi connectivity index (χ2n) is 9.57. The van der Waals surface area contributed by atoms with Crippen LogP contribution in [0.3, 0.4) is 0 Å². The average molecular weight is 529 g/mol. The summed E-state index contributed by atoms with van der Waals surface area (Å²) in [6.45, 7) is 4.29. The Balaban J connectivity index is 1.36. The van der Waals surface area contributed by atoms with Crippen molar-refractivity contribution in [3.8, 4) is 22.5 Å². The summed E-state index contributed by atoms with van der Waals surface area (Å²) in [6.07, 6.45) is 7.09. The van der Waals surface area contributed by atoms with Gasteiger partial charge in [-0.3, -0.25) is 5.41 Å². The standard InChI is InChI=1S/C29H29FN6O3/c30-23-3-1-21(2-4-23)28-27(29(39-34-28)22-9-15-37-16-10-22)24-5-6-25(31)36(33-24)12-8-20-7-11-32-26(19-20)35-13-17-38-18-14-35/h1-8,11-12,19,22,31H,9-10,13-18H2/b12-8+,31-25?. The number of benzene rings is 1. The Morgan fingerprint density at radius 1 is 0.949 bits per heavy atom. The summed E-state index contributed by atoms with van der Waals surface area (Å²) in [6, 6.07) is 13.6. The lowest BCUT2D eigenvalue weighted by Gasteiger charge is -2.27. The number of halogens is 1. The van der Waals surface area contributed by atoms with Crippen LogP contribution in [0.25, 0.3) is 34.8 Å². The highest BCUT2D eigenvalue weighted by Gasteiger charge is 2.28. The molecular formula is C29H29FN6O3. The highest BCUT2D eigenvalue weighted by molar-refractivity contribution is 5.80. The van der Waals surface area contributed by atoms with Gasteiger partial charge >= 0.3 is 0 Å². The molecule has 39 heavy (non-hydrogen) atoms. The summed E-state index contributed by atoms with van der Waals surface area (Å²) in [5.74, 6) is 1.45. The molecule has 6 rings (SSSR count). The number of hydrogen-bond acceptors (Lipinski definition) is 8. The lowest BCUT2D eigenvalue weighted by Crippen LogP contribution is -2.36. The predicted octanol–water partition coefficient (Wildman–Crippen LogP) is 4.58. The summed E-state index contributed by atoms with van der Waals surface area (Å²) >= 11 is 0. The summed E-state index contributed by atoms with van der Waals surface area (Å²) in [5, 5.41) is 17.7. The highest BCUT2D eigenvalue weighted by Crippen LogP contribution is 2.40. The third kappa shape index (κ3) is 5.52. The Morgan fingerprint density at radius 3 is 2.51 bits per heavy atom. The molecule has 2 saturated heterocycles. The van der Waals surface area contributed by atoms with Crippen LogP contribution in [-0.4, -0.2) is 59.4 Å². The normalized spacial score (nSPS) is 16.7. The van der Waals surface area contributed by atoms with Crippen LogP contribution in [0.1, 0.15) is 30.1 Å². The van der Waals surface area contributed by atoms with Crippen LogP contribution in [-0.2, 0) is 9.47 Å². The summed E-state index contributed by atoms with van der Waals surface area (Å²) in [4.78, 5) is 6.71. The molecule has 0 amide bonds. The minimum atomic E-state index is -0.319. The van der Waals surface area contributed by atoms with Crippen molar-refractivity contribution >= 4 is 18.1 Å². The molecule has 3 aromatic heterocycles. The number of morpholine rings is 1. The number of nitrogens with one attached hydrogen (secondary N) is 1. The molecule has 10 heteroatoms. The van der Waals surface area contributed by atoms with Gasteiger partial charge in [0.05, 0.1) is 24.5 Å². The topological polar surface area (TPSA) is 102 Å². The van der Waals surface area contributed by atoms with Crippen LogP contribution >= 0.6 is 0 Å². The zero-order valence-corrected chi connectivity index (χ0v) is 21.4. The molecule has 1 aromatic carbocycles. The van der Waals surface area contributed by atoms with Crippen molar-refractivity contribution in [2.75, 3.05) is 44.4 Å². The molecule has 9 nitrogen and oxygen atoms in total. The van der Waals surface area contributed by atoms with E-state index in [1.54, 1.807) is 36.7 Å². The van der Waals surface area contributed by atoms with Crippen LogP contribution in [0.15, 0.2) is 59.3 Å². The number of aromatic nitrogens is 4. The van der Waals surface area contributed by atoms with Gasteiger partial charge in [0.25, 0.3) is 0 Å². The van der Waals surface area contributed by atoms with Crippen molar-refractivity contribution in [3.63, 3.8) is 0 Å². The molecule has 2 fully saturated rings. The molecule has 0 radical (unpaired) electrons. The van der Waals surface area contributed by atoms with E-state index in [4.69, 9.17) is 24.5 Å². The van der Waals surface area contributed by atoms with Crippen molar-refractivity contribution in [2.45, 2.75) is 18.8 Å². The summed E-state index contributed by atoms with van der Waals surface area (Å²) in [5.41, 5.74) is 3.90. The third-order valence-electron chi connectivity index (χ3n) is 7.06. The van der Waals surface area contributed by atoms with E-state index >= 15 is 0 Å². The molecule has 0 saturated carbocycles. The molecule has 0 spiro atoms. The van der Waals surface area contributed by atoms with Crippen molar-refractivity contribution in [1.29, 1.82) is 5.41 Å². The Hall–Kier alpha value is -4.15. The molecule has 0 atom stereocenters. The van der Waals surface area contributed by atoms with Crippen molar-refractivity contribution in [3.05, 3.63) is 77.4 Å². The van der Waals surface area contributed by atoms with E-state index in [1.165, 1.54) is 16.8 Å². The third-order valence-corrected chi connectivity index (χ3v) is 7.06. The highest BCUT2D eigenvalue weighted by atomic mass is 19.1. The number of nitrogens with zero attached hydrogens (tertiary/aromatic N) is 5. The second kappa shape index (κ2) is 11.3. The molecule has 5 heterocycles. The molecule has 2 aliphatic rings. The fourth-order valence-corrected chi connectivity index (χ4v) is 4.94. The van der Waals surface area contributed by atoms with Crippen LogP contribution in [0.2, 0.25) is 0 Å². The fraction of sp³-hybridized carbons (Fsp3) is 0.310. The largest absolute Gasteiger partial charge is 0.381 e. The van der Waals surface area contributed by atoms with E-state index in [9.17, 15) is 4.39 Å². The van der Waals surface area contributed by atoms with Crippen LogP contribution in [0.5, 0.6) is 0 Å². The van der Waals surface area contributed by atoms with E-state index in [2.05, 4.69) is 15.0 Å². The van der Waals surface area contributed by atoms with E-state index in [0.29, 0.717) is 37.8 Å². The van der Waals surface area contributed by atoms with E-state index in [1.807, 2.05) is 18.2 Å². The van der Waals surface area contributed by atoms with Gasteiger partial charge in [-0.15, -0.1) is 0 Å². The summed E-state index contributed by atoms with van der Waals surface area (Å²) in [7, 11) is 0. The van der Waals surface area contributed by atoms with Gasteiger partial charge in [0.2, 0.25) is 0 Å². The molecule has 4 aromatic rings. The molecule has 0 aliphatic carbocycles. The van der Waals surface area contributed by atoms with E-state index in [-0.39, 0.29) is 17.2 Å². The van der Waals surface area contributed by atoms with E-state index < -0.39 is 0 Å². The van der Waals surface area contributed by atoms with Gasteiger partial charge in [0.15, 0.2) is 0 Å². The molecule has 0 bridgehead atoms. The maximum Gasteiger partial charge on any atom is 0.150 e. The maximum absolute atomic E-state index is 13.7. The molecule has 2 aliphatic heterocycles. The van der Waals surface area contributed by atoms with Gasteiger partial charge < -0.3 is 18.9 Å². The van der Waals surface area contributed by atoms with Gasteiger partial charge in [0, 0.05) is 50.2 Å². The minimum Gasteiger partial charge on any atom is -0.381 e. The zero-order valence-electron chi connectivity index (χ0n) is 21.4. The van der Waals surface area contributed by atoms with Crippen molar-refractivity contribution < 1.29 is 18.4 Å².